The van der Waals surface area contributed by atoms with Crippen molar-refractivity contribution in [2.75, 3.05) is 20.3 Å². The maximum absolute atomic E-state index is 5.51. The number of hydrogen-bond acceptors (Lipinski definition) is 4. The minimum absolute atomic E-state index is 0.667. The van der Waals surface area contributed by atoms with Crippen molar-refractivity contribution in [1.29, 1.82) is 0 Å². The Morgan fingerprint density at radius 1 is 1.37 bits per heavy atom. The highest BCUT2D eigenvalue weighted by Gasteiger charge is 2.11. The molecule has 102 valence electrons. The fourth-order valence-corrected chi connectivity index (χ4v) is 2.49. The van der Waals surface area contributed by atoms with Crippen LogP contribution in [-0.2, 0) is 11.3 Å². The number of nitrogens with zero attached hydrogens (tertiary/aromatic N) is 1. The fraction of sp³-hybridized carbons (Fsp3) is 0.357. The third-order valence-corrected chi connectivity index (χ3v) is 3.18. The summed E-state index contributed by atoms with van der Waals surface area (Å²) in [6.07, 6.45) is 1.49. The van der Waals surface area contributed by atoms with Gasteiger partial charge in [0, 0.05) is 30.2 Å². The number of methoxy groups -OCH3 is 1. The van der Waals surface area contributed by atoms with Gasteiger partial charge in [-0.05, 0) is 30.7 Å². The SMILES string of the molecule is COCCNCc1ncoc1-c1cc(C)cc(Br)c1. The molecule has 0 bridgehead atoms. The molecule has 1 aromatic heterocycles. The highest BCUT2D eigenvalue weighted by Crippen LogP contribution is 2.27. The number of benzene rings is 1. The molecule has 0 radical (unpaired) electrons. The number of oxazole rings is 1. The number of rotatable bonds is 6. The van der Waals surface area contributed by atoms with E-state index < -0.39 is 0 Å². The van der Waals surface area contributed by atoms with Gasteiger partial charge in [-0.3, -0.25) is 0 Å². The summed E-state index contributed by atoms with van der Waals surface area (Å²) in [5.41, 5.74) is 3.13. The average Bonchev–Trinajstić information content (AvgIpc) is 2.82. The van der Waals surface area contributed by atoms with Gasteiger partial charge in [0.15, 0.2) is 12.2 Å². The summed E-state index contributed by atoms with van der Waals surface area (Å²) in [5, 5.41) is 3.27. The van der Waals surface area contributed by atoms with E-state index in [4.69, 9.17) is 9.15 Å². The number of aromatic nitrogens is 1. The average molecular weight is 325 g/mol. The molecular formula is C14H17BrN2O2. The summed E-state index contributed by atoms with van der Waals surface area (Å²) < 4.78 is 11.5. The molecule has 0 aliphatic rings. The zero-order chi connectivity index (χ0) is 13.7. The van der Waals surface area contributed by atoms with Crippen LogP contribution in [0.1, 0.15) is 11.3 Å². The van der Waals surface area contributed by atoms with E-state index in [9.17, 15) is 0 Å². The maximum Gasteiger partial charge on any atom is 0.181 e. The van der Waals surface area contributed by atoms with E-state index in [-0.39, 0.29) is 0 Å². The molecule has 0 saturated carbocycles. The lowest BCUT2D eigenvalue weighted by Gasteiger charge is -2.05. The molecule has 19 heavy (non-hydrogen) atoms. The van der Waals surface area contributed by atoms with Crippen LogP contribution < -0.4 is 5.32 Å². The molecule has 5 heteroatoms. The largest absolute Gasteiger partial charge is 0.443 e. The first-order chi connectivity index (χ1) is 9.20. The molecule has 4 nitrogen and oxygen atoms in total. The van der Waals surface area contributed by atoms with E-state index >= 15 is 0 Å². The monoisotopic (exact) mass is 324 g/mol. The molecule has 0 atom stereocenters. The summed E-state index contributed by atoms with van der Waals surface area (Å²) in [6, 6.07) is 6.19. The van der Waals surface area contributed by atoms with Crippen molar-refractivity contribution in [3.8, 4) is 11.3 Å². The highest BCUT2D eigenvalue weighted by molar-refractivity contribution is 9.10. The second-order valence-corrected chi connectivity index (χ2v) is 5.23. The summed E-state index contributed by atoms with van der Waals surface area (Å²) in [4.78, 5) is 4.26. The Labute approximate surface area is 121 Å². The lowest BCUT2D eigenvalue weighted by molar-refractivity contribution is 0.199. The van der Waals surface area contributed by atoms with Crippen molar-refractivity contribution in [3.63, 3.8) is 0 Å². The summed E-state index contributed by atoms with van der Waals surface area (Å²) in [5.74, 6) is 0.814. The van der Waals surface area contributed by atoms with Gasteiger partial charge in [0.1, 0.15) is 5.69 Å². The minimum atomic E-state index is 0.667. The van der Waals surface area contributed by atoms with Crippen molar-refractivity contribution >= 4 is 15.9 Å². The van der Waals surface area contributed by atoms with Gasteiger partial charge in [-0.2, -0.15) is 0 Å². The van der Waals surface area contributed by atoms with Crippen LogP contribution in [0.5, 0.6) is 0 Å². The van der Waals surface area contributed by atoms with E-state index in [0.29, 0.717) is 13.2 Å². The van der Waals surface area contributed by atoms with E-state index in [0.717, 1.165) is 28.0 Å². The van der Waals surface area contributed by atoms with E-state index in [1.54, 1.807) is 7.11 Å². The smallest absolute Gasteiger partial charge is 0.181 e. The van der Waals surface area contributed by atoms with Gasteiger partial charge in [0.25, 0.3) is 0 Å². The Bertz CT molecular complexity index is 520. The molecule has 0 fully saturated rings. The number of ether oxygens (including phenoxy) is 1. The highest BCUT2D eigenvalue weighted by atomic mass is 79.9. The lowest BCUT2D eigenvalue weighted by Crippen LogP contribution is -2.19. The van der Waals surface area contributed by atoms with Crippen molar-refractivity contribution in [2.24, 2.45) is 0 Å². The molecule has 0 aliphatic heterocycles. The van der Waals surface area contributed by atoms with Crippen LogP contribution in [0.25, 0.3) is 11.3 Å². The summed E-state index contributed by atoms with van der Waals surface area (Å²) in [6.45, 7) is 4.20. The number of nitrogens with one attached hydrogen (secondary N) is 1. The van der Waals surface area contributed by atoms with Gasteiger partial charge >= 0.3 is 0 Å². The van der Waals surface area contributed by atoms with E-state index in [1.165, 1.54) is 12.0 Å². The fourth-order valence-electron chi connectivity index (χ4n) is 1.88. The van der Waals surface area contributed by atoms with E-state index in [2.05, 4.69) is 45.3 Å². The van der Waals surface area contributed by atoms with Crippen molar-refractivity contribution in [3.05, 3.63) is 40.3 Å². The summed E-state index contributed by atoms with van der Waals surface area (Å²) >= 11 is 3.50. The minimum Gasteiger partial charge on any atom is -0.443 e. The number of halogens is 1. The standard InChI is InChI=1S/C14H17BrN2O2/c1-10-5-11(7-12(15)6-10)14-13(17-9-19-14)8-16-3-4-18-2/h5-7,9,16H,3-4,8H2,1-2H3. The lowest BCUT2D eigenvalue weighted by atomic mass is 10.1. The molecule has 0 aliphatic carbocycles. The van der Waals surface area contributed by atoms with Crippen LogP contribution in [-0.4, -0.2) is 25.2 Å². The first-order valence-electron chi connectivity index (χ1n) is 6.10. The molecule has 0 spiro atoms. The first kappa shape index (κ1) is 14.2. The molecule has 0 saturated heterocycles. The Kier molecular flexibility index (Phi) is 5.13. The van der Waals surface area contributed by atoms with Crippen molar-refractivity contribution in [2.45, 2.75) is 13.5 Å². The van der Waals surface area contributed by atoms with Crippen molar-refractivity contribution in [1.82, 2.24) is 10.3 Å². The Hall–Kier alpha value is -1.17. The van der Waals surface area contributed by atoms with Crippen LogP contribution in [0.4, 0.5) is 0 Å². The molecule has 2 rings (SSSR count). The van der Waals surface area contributed by atoms with Crippen LogP contribution in [0.3, 0.4) is 0 Å². The Morgan fingerprint density at radius 2 is 2.21 bits per heavy atom. The van der Waals surface area contributed by atoms with Gasteiger partial charge in [0.2, 0.25) is 0 Å². The second kappa shape index (κ2) is 6.84. The molecule has 1 aromatic carbocycles. The Morgan fingerprint density at radius 3 is 2.95 bits per heavy atom. The van der Waals surface area contributed by atoms with E-state index in [1.807, 2.05) is 6.07 Å². The van der Waals surface area contributed by atoms with Gasteiger partial charge < -0.3 is 14.5 Å². The molecule has 2 aromatic rings. The van der Waals surface area contributed by atoms with Gasteiger partial charge in [-0.15, -0.1) is 0 Å². The van der Waals surface area contributed by atoms with Crippen molar-refractivity contribution < 1.29 is 9.15 Å². The predicted octanol–water partition coefficient (Wildman–Crippen LogP) is 3.15. The zero-order valence-corrected chi connectivity index (χ0v) is 12.7. The van der Waals surface area contributed by atoms with Crippen LogP contribution in [0, 0.1) is 6.92 Å². The zero-order valence-electron chi connectivity index (χ0n) is 11.1. The molecule has 0 unspecified atom stereocenters. The van der Waals surface area contributed by atoms with Gasteiger partial charge in [-0.1, -0.05) is 15.9 Å². The molecular weight excluding hydrogens is 308 g/mol. The van der Waals surface area contributed by atoms with Gasteiger partial charge in [-0.25, -0.2) is 4.98 Å². The summed E-state index contributed by atoms with van der Waals surface area (Å²) in [7, 11) is 1.69. The predicted molar refractivity (Wildman–Crippen MR) is 78.0 cm³/mol. The number of hydrogen-bond donors (Lipinski definition) is 1. The molecule has 0 amide bonds. The first-order valence-corrected chi connectivity index (χ1v) is 6.89. The quantitative estimate of drug-likeness (QED) is 0.829. The number of aryl methyl sites for hydroxylation is 1. The third kappa shape index (κ3) is 3.89. The normalized spacial score (nSPS) is 10.9. The van der Waals surface area contributed by atoms with Gasteiger partial charge in [0.05, 0.1) is 6.61 Å². The molecule has 1 heterocycles. The van der Waals surface area contributed by atoms with Crippen LogP contribution in [0.15, 0.2) is 33.5 Å². The van der Waals surface area contributed by atoms with Crippen LogP contribution >= 0.6 is 15.9 Å². The second-order valence-electron chi connectivity index (χ2n) is 4.32. The Balaban J connectivity index is 2.14. The topological polar surface area (TPSA) is 47.3 Å². The molecule has 1 N–H and O–H groups in total. The third-order valence-electron chi connectivity index (χ3n) is 2.72. The maximum atomic E-state index is 5.51. The van der Waals surface area contributed by atoms with Crippen LogP contribution in [0.2, 0.25) is 0 Å².